The molecule has 92 valence electrons. The molecule has 1 aliphatic heterocycles. The number of nitrogens with one attached hydrogen (secondary N) is 2. The van der Waals surface area contributed by atoms with Gasteiger partial charge in [0.15, 0.2) is 0 Å². The van der Waals surface area contributed by atoms with Crippen LogP contribution >= 0.6 is 11.9 Å². The molecule has 1 aliphatic rings. The Labute approximate surface area is 105 Å². The van der Waals surface area contributed by atoms with Crippen molar-refractivity contribution in [1.82, 2.24) is 10.6 Å². The summed E-state index contributed by atoms with van der Waals surface area (Å²) < 4.78 is 3.94. The van der Waals surface area contributed by atoms with Crippen LogP contribution in [0.3, 0.4) is 0 Å². The molecule has 1 rings (SSSR count). The van der Waals surface area contributed by atoms with E-state index in [1.807, 2.05) is 0 Å². The molecule has 0 radical (unpaired) electrons. The normalized spacial score (nSPS) is 13.8. The molecule has 0 aromatic carbocycles. The molecule has 0 unspecified atom stereocenters. The minimum absolute atomic E-state index is 0.0464. The highest BCUT2D eigenvalue weighted by atomic mass is 32.2. The van der Waals surface area contributed by atoms with Gasteiger partial charge in [-0.2, -0.15) is 0 Å². The molecule has 0 aliphatic carbocycles. The molecular formula is C11H15N3O2S. The third kappa shape index (κ3) is 5.91. The molecule has 1 heterocycles. The van der Waals surface area contributed by atoms with Crippen LogP contribution in [0.15, 0.2) is 27.7 Å². The second-order valence-corrected chi connectivity index (χ2v) is 3.98. The van der Waals surface area contributed by atoms with Gasteiger partial charge in [-0.05, 0) is 17.6 Å². The summed E-state index contributed by atoms with van der Waals surface area (Å²) in [7, 11) is 0. The number of amides is 2. The summed E-state index contributed by atoms with van der Waals surface area (Å²) in [5.74, 6) is -0.174. The standard InChI is InChI=1S/C11H15N3O2S/c1-2-10(15)12-6-4-11(16)14-9-3-7-13-17-8-5-9/h3,5,7-8H,2,4,6H2,1H3,(H,12,15)(H,14,16). The average Bonchev–Trinajstić information content (AvgIpc) is 2.57. The first-order valence-corrected chi connectivity index (χ1v) is 6.18. The van der Waals surface area contributed by atoms with E-state index in [0.29, 0.717) is 18.7 Å². The van der Waals surface area contributed by atoms with Crippen molar-refractivity contribution in [1.29, 1.82) is 0 Å². The van der Waals surface area contributed by atoms with Crippen LogP contribution in [-0.4, -0.2) is 24.6 Å². The molecule has 0 spiro atoms. The van der Waals surface area contributed by atoms with Crippen molar-refractivity contribution in [2.45, 2.75) is 19.8 Å². The molecule has 5 nitrogen and oxygen atoms in total. The van der Waals surface area contributed by atoms with E-state index in [2.05, 4.69) is 15.0 Å². The largest absolute Gasteiger partial charge is 0.356 e. The number of hydrogen-bond donors (Lipinski definition) is 2. The smallest absolute Gasteiger partial charge is 0.226 e. The lowest BCUT2D eigenvalue weighted by Gasteiger charge is -2.05. The van der Waals surface area contributed by atoms with Gasteiger partial charge in [0.1, 0.15) is 0 Å². The molecule has 0 saturated heterocycles. The Bertz CT molecular complexity index is 375. The SMILES string of the molecule is CCC(=O)NCCC(=O)NC1=CC=NSC=C1. The lowest BCUT2D eigenvalue weighted by Crippen LogP contribution is -2.29. The highest BCUT2D eigenvalue weighted by Crippen LogP contribution is 2.08. The zero-order valence-electron chi connectivity index (χ0n) is 9.60. The van der Waals surface area contributed by atoms with Crippen molar-refractivity contribution in [2.75, 3.05) is 6.54 Å². The Kier molecular flexibility index (Phi) is 6.09. The quantitative estimate of drug-likeness (QED) is 0.722. The van der Waals surface area contributed by atoms with Gasteiger partial charge in [-0.3, -0.25) is 9.59 Å². The van der Waals surface area contributed by atoms with Crippen LogP contribution < -0.4 is 10.6 Å². The number of allylic oxidation sites excluding steroid dienone is 2. The molecule has 0 bridgehead atoms. The second kappa shape index (κ2) is 7.67. The van der Waals surface area contributed by atoms with Gasteiger partial charge < -0.3 is 10.6 Å². The first-order chi connectivity index (χ1) is 8.22. The van der Waals surface area contributed by atoms with Crippen LogP contribution in [-0.2, 0) is 9.59 Å². The monoisotopic (exact) mass is 253 g/mol. The Morgan fingerprint density at radius 3 is 3.00 bits per heavy atom. The van der Waals surface area contributed by atoms with Crippen LogP contribution in [0.5, 0.6) is 0 Å². The highest BCUT2D eigenvalue weighted by molar-refractivity contribution is 8.01. The van der Waals surface area contributed by atoms with Crippen molar-refractivity contribution in [3.8, 4) is 0 Å². The second-order valence-electron chi connectivity index (χ2n) is 3.29. The molecule has 6 heteroatoms. The first-order valence-electron chi connectivity index (χ1n) is 5.35. The number of nitrogens with zero attached hydrogens (tertiary/aromatic N) is 1. The zero-order valence-corrected chi connectivity index (χ0v) is 10.4. The predicted octanol–water partition coefficient (Wildman–Crippen LogP) is 1.15. The molecule has 0 aromatic rings. The van der Waals surface area contributed by atoms with Crippen LogP contribution in [0, 0.1) is 0 Å². The Hall–Kier alpha value is -1.56. The van der Waals surface area contributed by atoms with Crippen molar-refractivity contribution >= 4 is 30.0 Å². The van der Waals surface area contributed by atoms with Crippen molar-refractivity contribution in [3.63, 3.8) is 0 Å². The molecule has 2 amide bonds. The third-order valence-corrected chi connectivity index (χ3v) is 2.46. The summed E-state index contributed by atoms with van der Waals surface area (Å²) in [5, 5.41) is 7.16. The minimum atomic E-state index is -0.127. The Morgan fingerprint density at radius 2 is 2.24 bits per heavy atom. The maximum absolute atomic E-state index is 11.5. The summed E-state index contributed by atoms with van der Waals surface area (Å²) in [4.78, 5) is 22.4. The van der Waals surface area contributed by atoms with Gasteiger partial charge in [-0.15, -0.1) is 0 Å². The van der Waals surface area contributed by atoms with Crippen molar-refractivity contribution in [2.24, 2.45) is 4.40 Å². The van der Waals surface area contributed by atoms with Gasteiger partial charge >= 0.3 is 0 Å². The van der Waals surface area contributed by atoms with Crippen LogP contribution in [0.4, 0.5) is 0 Å². The zero-order chi connectivity index (χ0) is 12.5. The minimum Gasteiger partial charge on any atom is -0.356 e. The van der Waals surface area contributed by atoms with E-state index in [1.165, 1.54) is 11.9 Å². The molecule has 17 heavy (non-hydrogen) atoms. The summed E-state index contributed by atoms with van der Waals surface area (Å²) in [6, 6.07) is 0. The van der Waals surface area contributed by atoms with Gasteiger partial charge in [0.2, 0.25) is 11.8 Å². The topological polar surface area (TPSA) is 70.6 Å². The summed E-state index contributed by atoms with van der Waals surface area (Å²) in [6.45, 7) is 2.13. The van der Waals surface area contributed by atoms with Crippen molar-refractivity contribution < 1.29 is 9.59 Å². The van der Waals surface area contributed by atoms with E-state index < -0.39 is 0 Å². The third-order valence-electron chi connectivity index (χ3n) is 1.96. The predicted molar refractivity (Wildman–Crippen MR) is 69.4 cm³/mol. The molecule has 0 saturated carbocycles. The van der Waals surface area contributed by atoms with E-state index in [-0.39, 0.29) is 18.2 Å². The summed E-state index contributed by atoms with van der Waals surface area (Å²) in [6.07, 6.45) is 5.82. The van der Waals surface area contributed by atoms with E-state index >= 15 is 0 Å². The van der Waals surface area contributed by atoms with Crippen molar-refractivity contribution in [3.05, 3.63) is 23.3 Å². The molecule has 0 atom stereocenters. The van der Waals surface area contributed by atoms with E-state index in [1.54, 1.807) is 30.7 Å². The molecule has 2 N–H and O–H groups in total. The Morgan fingerprint density at radius 1 is 1.41 bits per heavy atom. The lowest BCUT2D eigenvalue weighted by atomic mass is 10.3. The van der Waals surface area contributed by atoms with E-state index in [4.69, 9.17) is 0 Å². The van der Waals surface area contributed by atoms with E-state index in [0.717, 1.165) is 0 Å². The fourth-order valence-corrected chi connectivity index (χ4v) is 1.50. The van der Waals surface area contributed by atoms with Crippen LogP contribution in [0.1, 0.15) is 19.8 Å². The highest BCUT2D eigenvalue weighted by Gasteiger charge is 2.04. The Balaban J connectivity index is 2.27. The summed E-state index contributed by atoms with van der Waals surface area (Å²) in [5.41, 5.74) is 0.700. The van der Waals surface area contributed by atoms with Crippen LogP contribution in [0.2, 0.25) is 0 Å². The lowest BCUT2D eigenvalue weighted by molar-refractivity contribution is -0.121. The molecule has 0 fully saturated rings. The van der Waals surface area contributed by atoms with Gasteiger partial charge in [0.25, 0.3) is 0 Å². The average molecular weight is 253 g/mol. The van der Waals surface area contributed by atoms with Gasteiger partial charge in [-0.1, -0.05) is 6.92 Å². The van der Waals surface area contributed by atoms with Gasteiger partial charge in [-0.25, -0.2) is 4.40 Å². The van der Waals surface area contributed by atoms with Gasteiger partial charge in [0, 0.05) is 43.2 Å². The number of hydrogen-bond acceptors (Lipinski definition) is 4. The van der Waals surface area contributed by atoms with Crippen LogP contribution in [0.25, 0.3) is 0 Å². The maximum atomic E-state index is 11.5. The number of carbonyl (C=O) groups is 2. The summed E-state index contributed by atoms with van der Waals surface area (Å²) >= 11 is 1.30. The number of rotatable bonds is 5. The van der Waals surface area contributed by atoms with E-state index in [9.17, 15) is 9.59 Å². The number of carbonyl (C=O) groups excluding carboxylic acids is 2. The molecule has 0 aromatic heterocycles. The molecular weight excluding hydrogens is 238 g/mol. The fourth-order valence-electron chi connectivity index (χ4n) is 1.09. The first kappa shape index (κ1) is 13.5. The van der Waals surface area contributed by atoms with Gasteiger partial charge in [0.05, 0.1) is 0 Å². The fraction of sp³-hybridized carbons (Fsp3) is 0.364. The maximum Gasteiger partial charge on any atom is 0.226 e.